The number of hydrogen-bond acceptors (Lipinski definition) is 2. The number of fused-ring (bicyclic) bond motifs is 12. The third-order valence-corrected chi connectivity index (χ3v) is 8.22. The molecule has 2 aromatic carbocycles. The van der Waals surface area contributed by atoms with Crippen LogP contribution in [0.2, 0.25) is 0 Å². The molecule has 0 atom stereocenters. The van der Waals surface area contributed by atoms with Crippen molar-refractivity contribution in [3.8, 4) is 0 Å². The molecule has 2 heteroatoms. The third-order valence-electron chi connectivity index (χ3n) is 8.22. The van der Waals surface area contributed by atoms with Crippen LogP contribution in [0.1, 0.15) is 102 Å². The Kier molecular flexibility index (Phi) is 2.93. The first-order chi connectivity index (χ1) is 13.8. The maximum atomic E-state index is 14.0. The molecule has 0 amide bonds. The zero-order valence-corrected chi connectivity index (χ0v) is 16.3. The van der Waals surface area contributed by atoms with Crippen molar-refractivity contribution in [2.24, 2.45) is 0 Å². The van der Waals surface area contributed by atoms with Crippen molar-refractivity contribution in [1.82, 2.24) is 0 Å². The van der Waals surface area contributed by atoms with E-state index in [0.29, 0.717) is 0 Å². The quantitative estimate of drug-likeness (QED) is 0.589. The Morgan fingerprint density at radius 3 is 0.786 bits per heavy atom. The van der Waals surface area contributed by atoms with E-state index in [9.17, 15) is 9.59 Å². The van der Waals surface area contributed by atoms with Gasteiger partial charge in [-0.1, -0.05) is 0 Å². The fraction of sp³-hybridized carbons (Fsp3) is 0.462. The van der Waals surface area contributed by atoms with Gasteiger partial charge in [0.1, 0.15) is 0 Å². The number of benzene rings is 2. The molecule has 5 aliphatic carbocycles. The number of hydrogen-bond donors (Lipinski definition) is 0. The molecule has 0 aromatic heterocycles. The Hall–Kier alpha value is -2.22. The van der Waals surface area contributed by atoms with Crippen molar-refractivity contribution in [2.75, 3.05) is 0 Å². The minimum absolute atomic E-state index is 0.199. The van der Waals surface area contributed by atoms with Gasteiger partial charge in [0.05, 0.1) is 0 Å². The van der Waals surface area contributed by atoms with Crippen molar-refractivity contribution in [1.29, 1.82) is 0 Å². The van der Waals surface area contributed by atoms with E-state index in [1.807, 2.05) is 0 Å². The summed E-state index contributed by atoms with van der Waals surface area (Å²) >= 11 is 0. The predicted molar refractivity (Wildman–Crippen MR) is 108 cm³/mol. The van der Waals surface area contributed by atoms with Crippen molar-refractivity contribution >= 4 is 11.6 Å². The van der Waals surface area contributed by atoms with Crippen LogP contribution in [-0.2, 0) is 51.4 Å². The molecule has 2 aromatic rings. The van der Waals surface area contributed by atoms with Crippen LogP contribution in [0.4, 0.5) is 0 Å². The van der Waals surface area contributed by atoms with Crippen LogP contribution in [-0.4, -0.2) is 11.6 Å². The summed E-state index contributed by atoms with van der Waals surface area (Å²) in [5.74, 6) is 0.399. The highest BCUT2D eigenvalue weighted by Gasteiger charge is 2.43. The van der Waals surface area contributed by atoms with Gasteiger partial charge in [-0.2, -0.15) is 0 Å². The zero-order valence-electron chi connectivity index (χ0n) is 16.3. The Labute approximate surface area is 165 Å². The van der Waals surface area contributed by atoms with Gasteiger partial charge in [0.25, 0.3) is 0 Å². The maximum absolute atomic E-state index is 14.0. The van der Waals surface area contributed by atoms with E-state index >= 15 is 0 Å². The minimum Gasteiger partial charge on any atom is -0.289 e. The summed E-state index contributed by atoms with van der Waals surface area (Å²) in [7, 11) is 0. The van der Waals surface area contributed by atoms with Gasteiger partial charge in [-0.3, -0.25) is 9.59 Å². The van der Waals surface area contributed by atoms with Crippen LogP contribution in [0.25, 0.3) is 0 Å². The fourth-order valence-electron chi connectivity index (χ4n) is 7.27. The summed E-state index contributed by atoms with van der Waals surface area (Å²) in [5, 5.41) is 0. The molecule has 0 saturated heterocycles. The first kappa shape index (κ1) is 15.7. The van der Waals surface area contributed by atoms with E-state index in [0.717, 1.165) is 99.3 Å². The highest BCUT2D eigenvalue weighted by atomic mass is 16.1. The monoisotopic (exact) mass is 368 g/mol. The Morgan fingerprint density at radius 1 is 0.321 bits per heavy atom. The van der Waals surface area contributed by atoms with Crippen LogP contribution in [0.15, 0.2) is 0 Å². The molecule has 28 heavy (non-hydrogen) atoms. The summed E-state index contributed by atoms with van der Waals surface area (Å²) < 4.78 is 0. The maximum Gasteiger partial charge on any atom is 0.195 e. The average Bonchev–Trinajstić information content (AvgIpc) is 3.47. The summed E-state index contributed by atoms with van der Waals surface area (Å²) in [6.45, 7) is 0. The molecule has 0 radical (unpaired) electrons. The summed E-state index contributed by atoms with van der Waals surface area (Å²) in [6.07, 6.45) is 12.8. The van der Waals surface area contributed by atoms with Gasteiger partial charge in [0.15, 0.2) is 11.6 Å². The SMILES string of the molecule is O=C1c2c3c(c4c(c2C(=O)c2c5c(c6c(c21)CCC6)CCC5)CCC4)CCC3. The summed E-state index contributed by atoms with van der Waals surface area (Å²) in [6, 6.07) is 0. The molecule has 0 aliphatic heterocycles. The van der Waals surface area contributed by atoms with Gasteiger partial charge in [-0.25, -0.2) is 0 Å². The second-order valence-electron chi connectivity index (χ2n) is 9.40. The van der Waals surface area contributed by atoms with Gasteiger partial charge in [-0.05, 0) is 122 Å². The van der Waals surface area contributed by atoms with E-state index in [1.165, 1.54) is 44.5 Å². The molecule has 0 bridgehead atoms. The van der Waals surface area contributed by atoms with E-state index in [-0.39, 0.29) is 11.6 Å². The molecule has 0 saturated carbocycles. The molecule has 5 aliphatic rings. The smallest absolute Gasteiger partial charge is 0.195 e. The van der Waals surface area contributed by atoms with E-state index < -0.39 is 0 Å². The lowest BCUT2D eigenvalue weighted by Crippen LogP contribution is -2.28. The number of carbonyl (C=O) groups excluding carboxylic acids is 2. The second-order valence-corrected chi connectivity index (χ2v) is 9.40. The first-order valence-corrected chi connectivity index (χ1v) is 11.2. The molecular formula is C26H24O2. The fourth-order valence-corrected chi connectivity index (χ4v) is 7.27. The number of ketones is 2. The van der Waals surface area contributed by atoms with Crippen LogP contribution >= 0.6 is 0 Å². The molecule has 140 valence electrons. The molecule has 2 nitrogen and oxygen atoms in total. The number of carbonyl (C=O) groups is 2. The molecule has 7 rings (SSSR count). The van der Waals surface area contributed by atoms with Gasteiger partial charge < -0.3 is 0 Å². The predicted octanol–water partition coefficient (Wildman–Crippen LogP) is 4.42. The van der Waals surface area contributed by atoms with E-state index in [4.69, 9.17) is 0 Å². The van der Waals surface area contributed by atoms with Crippen molar-refractivity contribution in [3.63, 3.8) is 0 Å². The van der Waals surface area contributed by atoms with E-state index in [2.05, 4.69) is 0 Å². The van der Waals surface area contributed by atoms with Gasteiger partial charge in [0.2, 0.25) is 0 Å². The topological polar surface area (TPSA) is 34.1 Å². The first-order valence-electron chi connectivity index (χ1n) is 11.2. The lowest BCUT2D eigenvalue weighted by Gasteiger charge is -2.28. The van der Waals surface area contributed by atoms with Crippen molar-refractivity contribution < 1.29 is 9.59 Å². The molecule has 0 N–H and O–H groups in total. The summed E-state index contributed by atoms with van der Waals surface area (Å²) in [5.41, 5.74) is 14.0. The van der Waals surface area contributed by atoms with Crippen molar-refractivity contribution in [3.05, 3.63) is 66.8 Å². The Morgan fingerprint density at radius 2 is 0.536 bits per heavy atom. The molecule has 0 unspecified atom stereocenters. The van der Waals surface area contributed by atoms with E-state index in [1.54, 1.807) is 0 Å². The Balaban J connectivity index is 1.61. The molecule has 0 spiro atoms. The van der Waals surface area contributed by atoms with Crippen LogP contribution in [0.3, 0.4) is 0 Å². The van der Waals surface area contributed by atoms with Crippen LogP contribution in [0.5, 0.6) is 0 Å². The molecular weight excluding hydrogens is 344 g/mol. The highest BCUT2D eigenvalue weighted by molar-refractivity contribution is 6.31. The Bertz CT molecular complexity index is 971. The van der Waals surface area contributed by atoms with Crippen LogP contribution < -0.4 is 0 Å². The van der Waals surface area contributed by atoms with Crippen LogP contribution in [0, 0.1) is 0 Å². The van der Waals surface area contributed by atoms with Gasteiger partial charge in [0, 0.05) is 22.3 Å². The minimum atomic E-state index is 0.199. The van der Waals surface area contributed by atoms with Gasteiger partial charge >= 0.3 is 0 Å². The average molecular weight is 368 g/mol. The summed E-state index contributed by atoms with van der Waals surface area (Å²) in [4.78, 5) is 28.0. The van der Waals surface area contributed by atoms with Crippen molar-refractivity contribution in [2.45, 2.75) is 77.0 Å². The highest BCUT2D eigenvalue weighted by Crippen LogP contribution is 2.47. The largest absolute Gasteiger partial charge is 0.289 e. The normalized spacial score (nSPS) is 20.7. The second kappa shape index (κ2) is 5.23. The number of rotatable bonds is 0. The standard InChI is InChI=1S/C26H24O2/c27-25-21-17-9-1-5-13(17)14-6-2-10-18(14)22(21)26(28)24-20-12-4-8-16(20)15-7-3-11-19(15)23(24)25/h1-12H2. The lowest BCUT2D eigenvalue weighted by molar-refractivity contribution is 0.0976. The molecule has 0 fully saturated rings. The zero-order chi connectivity index (χ0) is 18.6. The lowest BCUT2D eigenvalue weighted by atomic mass is 9.73. The third kappa shape index (κ3) is 1.68. The van der Waals surface area contributed by atoms with Gasteiger partial charge in [-0.15, -0.1) is 0 Å². The molecule has 0 heterocycles.